The summed E-state index contributed by atoms with van der Waals surface area (Å²) in [7, 11) is 0. The van der Waals surface area contributed by atoms with Gasteiger partial charge in [-0.3, -0.25) is 4.79 Å². The van der Waals surface area contributed by atoms with Crippen molar-refractivity contribution < 1.29 is 14.7 Å². The topological polar surface area (TPSA) is 71.3 Å². The van der Waals surface area contributed by atoms with Crippen LogP contribution in [-0.4, -0.2) is 21.6 Å². The smallest absolute Gasteiger partial charge is 0.337 e. The summed E-state index contributed by atoms with van der Waals surface area (Å²) >= 11 is 11.7. The lowest BCUT2D eigenvalue weighted by Crippen LogP contribution is -2.16. The molecule has 0 saturated carbocycles. The molecule has 1 heterocycles. The average Bonchev–Trinajstić information content (AvgIpc) is 2.79. The van der Waals surface area contributed by atoms with E-state index in [-0.39, 0.29) is 16.5 Å². The van der Waals surface area contributed by atoms with E-state index in [0.717, 1.165) is 0 Å². The molecule has 21 heavy (non-hydrogen) atoms. The fourth-order valence-corrected chi connectivity index (χ4v) is 2.37. The Kier molecular flexibility index (Phi) is 4.55. The molecule has 110 valence electrons. The molecule has 0 saturated heterocycles. The third kappa shape index (κ3) is 3.37. The van der Waals surface area contributed by atoms with Gasteiger partial charge in [-0.05, 0) is 31.2 Å². The van der Waals surface area contributed by atoms with E-state index in [2.05, 4.69) is 5.32 Å². The van der Waals surface area contributed by atoms with Crippen molar-refractivity contribution in [2.24, 2.45) is 0 Å². The van der Waals surface area contributed by atoms with E-state index in [1.807, 2.05) is 6.92 Å². The second kappa shape index (κ2) is 6.20. The molecular weight excluding hydrogens is 315 g/mol. The summed E-state index contributed by atoms with van der Waals surface area (Å²) < 4.78 is 1.71. The number of nitrogens with zero attached hydrogens (tertiary/aromatic N) is 1. The Morgan fingerprint density at radius 2 is 2.00 bits per heavy atom. The third-order valence-corrected chi connectivity index (χ3v) is 3.41. The van der Waals surface area contributed by atoms with Gasteiger partial charge in [0.15, 0.2) is 0 Å². The van der Waals surface area contributed by atoms with E-state index in [1.165, 1.54) is 18.2 Å². The largest absolute Gasteiger partial charge is 0.478 e. The molecule has 0 aliphatic heterocycles. The van der Waals surface area contributed by atoms with Crippen LogP contribution in [0, 0.1) is 0 Å². The number of carbonyl (C=O) groups excluding carboxylic acids is 1. The molecule has 1 amide bonds. The molecule has 5 nitrogen and oxygen atoms in total. The van der Waals surface area contributed by atoms with Gasteiger partial charge in [0, 0.05) is 18.4 Å². The molecule has 1 aromatic heterocycles. The van der Waals surface area contributed by atoms with E-state index in [1.54, 1.807) is 16.8 Å². The number of carboxylic acids is 1. The number of carboxylic acid groups (broad SMARTS) is 1. The Balaban J connectivity index is 2.23. The van der Waals surface area contributed by atoms with E-state index >= 15 is 0 Å². The number of hydrogen-bond acceptors (Lipinski definition) is 2. The van der Waals surface area contributed by atoms with Gasteiger partial charge in [0.1, 0.15) is 5.69 Å². The van der Waals surface area contributed by atoms with Crippen molar-refractivity contribution >= 4 is 40.8 Å². The van der Waals surface area contributed by atoms with E-state index in [0.29, 0.717) is 22.9 Å². The molecule has 0 aliphatic rings. The Labute approximate surface area is 131 Å². The van der Waals surface area contributed by atoms with Gasteiger partial charge in [-0.15, -0.1) is 0 Å². The Hall–Kier alpha value is -1.98. The minimum atomic E-state index is -1.12. The Bertz CT molecular complexity index is 710. The summed E-state index contributed by atoms with van der Waals surface area (Å²) in [5.74, 6) is -1.47. The lowest BCUT2D eigenvalue weighted by molar-refractivity contribution is 0.0697. The average molecular weight is 327 g/mol. The van der Waals surface area contributed by atoms with Gasteiger partial charge in [-0.25, -0.2) is 4.79 Å². The second-order valence-electron chi connectivity index (χ2n) is 4.28. The molecule has 2 N–H and O–H groups in total. The minimum absolute atomic E-state index is 0.0188. The zero-order valence-corrected chi connectivity index (χ0v) is 12.6. The van der Waals surface area contributed by atoms with Gasteiger partial charge in [-0.1, -0.05) is 23.2 Å². The van der Waals surface area contributed by atoms with Crippen molar-refractivity contribution in [1.82, 2.24) is 4.57 Å². The predicted octanol–water partition coefficient (Wildman–Crippen LogP) is 3.77. The van der Waals surface area contributed by atoms with Crippen LogP contribution < -0.4 is 5.32 Å². The molecule has 1 aromatic carbocycles. The second-order valence-corrected chi connectivity index (χ2v) is 5.13. The van der Waals surface area contributed by atoms with Crippen molar-refractivity contribution in [1.29, 1.82) is 0 Å². The highest BCUT2D eigenvalue weighted by atomic mass is 35.5. The maximum atomic E-state index is 12.2. The summed E-state index contributed by atoms with van der Waals surface area (Å²) in [6, 6.07) is 5.78. The normalized spacial score (nSPS) is 10.4. The van der Waals surface area contributed by atoms with Crippen molar-refractivity contribution in [3.05, 3.63) is 51.8 Å². The molecule has 2 aromatic rings. The summed E-state index contributed by atoms with van der Waals surface area (Å²) in [6.07, 6.45) is 1.66. The third-order valence-electron chi connectivity index (χ3n) is 2.89. The predicted molar refractivity (Wildman–Crippen MR) is 81.5 cm³/mol. The quantitative estimate of drug-likeness (QED) is 0.898. The first-order valence-corrected chi connectivity index (χ1v) is 6.87. The van der Waals surface area contributed by atoms with E-state index < -0.39 is 5.97 Å². The molecule has 0 radical (unpaired) electrons. The molecule has 0 spiro atoms. The highest BCUT2D eigenvalue weighted by Crippen LogP contribution is 2.22. The highest BCUT2D eigenvalue weighted by molar-refractivity contribution is 6.34. The van der Waals surface area contributed by atoms with Crippen LogP contribution in [0.2, 0.25) is 10.0 Å². The number of benzene rings is 1. The minimum Gasteiger partial charge on any atom is -0.478 e. The number of halogens is 2. The maximum absolute atomic E-state index is 12.2. The van der Waals surface area contributed by atoms with Crippen LogP contribution in [0.25, 0.3) is 0 Å². The van der Waals surface area contributed by atoms with Crippen molar-refractivity contribution in [3.8, 4) is 0 Å². The zero-order valence-electron chi connectivity index (χ0n) is 11.1. The molecule has 0 unspecified atom stereocenters. The lowest BCUT2D eigenvalue weighted by atomic mass is 10.2. The summed E-state index contributed by atoms with van der Waals surface area (Å²) in [5.41, 5.74) is 0.811. The van der Waals surface area contributed by atoms with Crippen molar-refractivity contribution in [3.63, 3.8) is 0 Å². The first-order chi connectivity index (χ1) is 9.92. The van der Waals surface area contributed by atoms with Crippen molar-refractivity contribution in [2.75, 3.05) is 5.32 Å². The summed E-state index contributed by atoms with van der Waals surface area (Å²) in [5, 5.41) is 12.1. The molecule has 0 bridgehead atoms. The number of aromatic carboxylic acids is 1. The van der Waals surface area contributed by atoms with E-state index in [4.69, 9.17) is 28.3 Å². The number of anilines is 1. The van der Waals surface area contributed by atoms with Crippen LogP contribution in [0.4, 0.5) is 5.69 Å². The van der Waals surface area contributed by atoms with Crippen LogP contribution >= 0.6 is 23.2 Å². The zero-order chi connectivity index (χ0) is 15.6. The van der Waals surface area contributed by atoms with E-state index in [9.17, 15) is 9.59 Å². The standard InChI is InChI=1S/C14H12Cl2N2O3/c1-2-18-7-8(15)5-12(18)13(19)17-9-3-4-10(14(20)21)11(16)6-9/h3-7H,2H2,1H3,(H,17,19)(H,20,21). The molecule has 0 aliphatic carbocycles. The van der Waals surface area contributed by atoms with Gasteiger partial charge >= 0.3 is 5.97 Å². The van der Waals surface area contributed by atoms with Crippen LogP contribution in [0.5, 0.6) is 0 Å². The van der Waals surface area contributed by atoms with Crippen LogP contribution in [-0.2, 0) is 6.54 Å². The molecule has 0 atom stereocenters. The number of rotatable bonds is 4. The van der Waals surface area contributed by atoms with Crippen LogP contribution in [0.15, 0.2) is 30.5 Å². The van der Waals surface area contributed by atoms with Crippen LogP contribution in [0.1, 0.15) is 27.8 Å². The fourth-order valence-electron chi connectivity index (χ4n) is 1.89. The first-order valence-electron chi connectivity index (χ1n) is 6.12. The molecular formula is C14H12Cl2N2O3. The number of amides is 1. The number of hydrogen-bond donors (Lipinski definition) is 2. The highest BCUT2D eigenvalue weighted by Gasteiger charge is 2.14. The van der Waals surface area contributed by atoms with Gasteiger partial charge in [0.2, 0.25) is 0 Å². The van der Waals surface area contributed by atoms with Gasteiger partial charge in [0.25, 0.3) is 5.91 Å². The van der Waals surface area contributed by atoms with Gasteiger partial charge in [0.05, 0.1) is 15.6 Å². The first kappa shape index (κ1) is 15.4. The number of nitrogens with one attached hydrogen (secondary N) is 1. The lowest BCUT2D eigenvalue weighted by Gasteiger charge is -2.08. The van der Waals surface area contributed by atoms with Gasteiger partial charge < -0.3 is 15.0 Å². The van der Waals surface area contributed by atoms with Gasteiger partial charge in [-0.2, -0.15) is 0 Å². The molecule has 0 fully saturated rings. The van der Waals surface area contributed by atoms with Crippen LogP contribution in [0.3, 0.4) is 0 Å². The SMILES string of the molecule is CCn1cc(Cl)cc1C(=O)Nc1ccc(C(=O)O)c(Cl)c1. The Morgan fingerprint density at radius 1 is 1.29 bits per heavy atom. The maximum Gasteiger partial charge on any atom is 0.337 e. The van der Waals surface area contributed by atoms with Crippen molar-refractivity contribution in [2.45, 2.75) is 13.5 Å². The fraction of sp³-hybridized carbons (Fsp3) is 0.143. The molecule has 2 rings (SSSR count). The summed E-state index contributed by atoms with van der Waals surface area (Å²) in [6.45, 7) is 2.50. The Morgan fingerprint density at radius 3 is 2.57 bits per heavy atom. The monoisotopic (exact) mass is 326 g/mol. The number of aromatic nitrogens is 1. The number of aryl methyl sites for hydroxylation is 1. The number of carbonyl (C=O) groups is 2. The summed E-state index contributed by atoms with van der Waals surface area (Å²) in [4.78, 5) is 23.1. The molecule has 7 heteroatoms.